The van der Waals surface area contributed by atoms with Gasteiger partial charge in [-0.1, -0.05) is 43.0 Å². The summed E-state index contributed by atoms with van der Waals surface area (Å²) in [5.74, 6) is 0.674. The predicted octanol–water partition coefficient (Wildman–Crippen LogP) is 3.27. The SMILES string of the molecule is C=C(Nc1ccc(Cc2ccccc2)cn1)/C(=C/N(C)C)N=CC=O. The molecule has 0 atom stereocenters. The van der Waals surface area contributed by atoms with Crippen LogP contribution in [0.15, 0.2) is 77.8 Å². The van der Waals surface area contributed by atoms with Crippen LogP contribution in [0.4, 0.5) is 5.82 Å². The maximum absolute atomic E-state index is 10.5. The van der Waals surface area contributed by atoms with Crippen LogP contribution in [0.3, 0.4) is 0 Å². The summed E-state index contributed by atoms with van der Waals surface area (Å²) in [5, 5.41) is 3.12. The Morgan fingerprint density at radius 3 is 2.56 bits per heavy atom. The highest BCUT2D eigenvalue weighted by Gasteiger charge is 2.04. The van der Waals surface area contributed by atoms with Crippen LogP contribution in [0.1, 0.15) is 11.1 Å². The molecule has 0 aliphatic rings. The molecule has 0 saturated carbocycles. The smallest absolute Gasteiger partial charge is 0.161 e. The number of aliphatic imine (C=N–C) groups is 1. The van der Waals surface area contributed by atoms with E-state index in [4.69, 9.17) is 0 Å². The van der Waals surface area contributed by atoms with Gasteiger partial charge in [0.15, 0.2) is 6.29 Å². The number of hydrogen-bond donors (Lipinski definition) is 1. The number of carbonyl (C=O) groups excluding carboxylic acids is 1. The Hall–Kier alpha value is -3.21. The number of nitrogens with one attached hydrogen (secondary N) is 1. The number of pyridine rings is 1. The molecule has 1 heterocycles. The van der Waals surface area contributed by atoms with Crippen molar-refractivity contribution in [3.8, 4) is 0 Å². The minimum absolute atomic E-state index is 0.562. The van der Waals surface area contributed by atoms with E-state index in [1.807, 2.05) is 55.5 Å². The van der Waals surface area contributed by atoms with Gasteiger partial charge in [-0.2, -0.15) is 0 Å². The van der Waals surface area contributed by atoms with Crippen molar-refractivity contribution < 1.29 is 4.79 Å². The Labute approximate surface area is 148 Å². The lowest BCUT2D eigenvalue weighted by Crippen LogP contribution is -2.08. The highest BCUT2D eigenvalue weighted by molar-refractivity contribution is 6.13. The molecule has 0 amide bonds. The molecule has 5 heteroatoms. The first-order chi connectivity index (χ1) is 12.1. The van der Waals surface area contributed by atoms with Crippen molar-refractivity contribution in [2.45, 2.75) is 6.42 Å². The zero-order valence-electron chi connectivity index (χ0n) is 14.5. The summed E-state index contributed by atoms with van der Waals surface area (Å²) in [6, 6.07) is 14.2. The Balaban J connectivity index is 2.05. The number of anilines is 1. The van der Waals surface area contributed by atoms with E-state index in [1.165, 1.54) is 11.8 Å². The summed E-state index contributed by atoms with van der Waals surface area (Å²) in [4.78, 5) is 20.9. The first kappa shape index (κ1) is 18.1. The quantitative estimate of drug-likeness (QED) is 0.457. The van der Waals surface area contributed by atoms with Crippen LogP contribution in [0.2, 0.25) is 0 Å². The molecule has 128 valence electrons. The summed E-state index contributed by atoms with van der Waals surface area (Å²) in [7, 11) is 3.75. The highest BCUT2D eigenvalue weighted by Crippen LogP contribution is 2.15. The summed E-state index contributed by atoms with van der Waals surface area (Å²) in [6.07, 6.45) is 6.28. The second kappa shape index (κ2) is 9.17. The number of nitrogens with zero attached hydrogens (tertiary/aromatic N) is 3. The van der Waals surface area contributed by atoms with Gasteiger partial charge in [0.1, 0.15) is 11.5 Å². The second-order valence-corrected chi connectivity index (χ2v) is 5.71. The average Bonchev–Trinajstić information content (AvgIpc) is 2.61. The molecule has 0 unspecified atom stereocenters. The largest absolute Gasteiger partial charge is 0.382 e. The normalized spacial score (nSPS) is 11.4. The minimum atomic E-state index is 0.562. The molecule has 1 aromatic heterocycles. The number of rotatable bonds is 8. The Morgan fingerprint density at radius 2 is 1.96 bits per heavy atom. The molecule has 0 aliphatic heterocycles. The fourth-order valence-electron chi connectivity index (χ4n) is 2.20. The van der Waals surface area contributed by atoms with Gasteiger partial charge in [0, 0.05) is 26.5 Å². The van der Waals surface area contributed by atoms with E-state index < -0.39 is 0 Å². The summed E-state index contributed by atoms with van der Waals surface area (Å²) in [5.41, 5.74) is 3.50. The molecular formula is C20H22N4O. The molecule has 0 spiro atoms. The van der Waals surface area contributed by atoms with E-state index in [9.17, 15) is 4.79 Å². The lowest BCUT2D eigenvalue weighted by atomic mass is 10.1. The molecule has 2 rings (SSSR count). The van der Waals surface area contributed by atoms with E-state index in [0.29, 0.717) is 23.5 Å². The number of aldehydes is 1. The Bertz CT molecular complexity index is 762. The topological polar surface area (TPSA) is 57.6 Å². The molecule has 0 radical (unpaired) electrons. The number of hydrogen-bond acceptors (Lipinski definition) is 5. The van der Waals surface area contributed by atoms with E-state index in [0.717, 1.165) is 12.0 Å². The second-order valence-electron chi connectivity index (χ2n) is 5.71. The molecular weight excluding hydrogens is 312 g/mol. The third kappa shape index (κ3) is 6.06. The van der Waals surface area contributed by atoms with Gasteiger partial charge in [0.25, 0.3) is 0 Å². The molecule has 2 aromatic rings. The van der Waals surface area contributed by atoms with Crippen molar-refractivity contribution >= 4 is 18.3 Å². The molecule has 0 aliphatic carbocycles. The van der Waals surface area contributed by atoms with Crippen molar-refractivity contribution in [1.82, 2.24) is 9.88 Å². The third-order valence-corrected chi connectivity index (χ3v) is 3.32. The van der Waals surface area contributed by atoms with Crippen LogP contribution >= 0.6 is 0 Å². The van der Waals surface area contributed by atoms with Gasteiger partial charge in [-0.05, 0) is 23.6 Å². The Kier molecular flexibility index (Phi) is 6.65. The van der Waals surface area contributed by atoms with Crippen LogP contribution < -0.4 is 5.32 Å². The molecule has 25 heavy (non-hydrogen) atoms. The maximum atomic E-state index is 10.5. The lowest BCUT2D eigenvalue weighted by Gasteiger charge is -2.12. The number of aromatic nitrogens is 1. The van der Waals surface area contributed by atoms with Crippen LogP contribution in [-0.2, 0) is 11.2 Å². The molecule has 1 N–H and O–H groups in total. The zero-order valence-corrected chi connectivity index (χ0v) is 14.5. The van der Waals surface area contributed by atoms with Crippen LogP contribution in [0.5, 0.6) is 0 Å². The predicted molar refractivity (Wildman–Crippen MR) is 103 cm³/mol. The van der Waals surface area contributed by atoms with E-state index in [2.05, 4.69) is 34.0 Å². The van der Waals surface area contributed by atoms with Crippen molar-refractivity contribution in [3.05, 3.63) is 84.0 Å². The standard InChI is InChI=1S/C20H22N4O/c1-16(19(15-24(2)3)21-11-12-25)23-20-10-9-18(14-22-20)13-17-7-5-4-6-8-17/h4-12,14-15H,1,13H2,2-3H3,(H,22,23)/b19-15-,21-11?. The Morgan fingerprint density at radius 1 is 1.20 bits per heavy atom. The minimum Gasteiger partial charge on any atom is -0.382 e. The van der Waals surface area contributed by atoms with Gasteiger partial charge in [-0.25, -0.2) is 9.98 Å². The van der Waals surface area contributed by atoms with Crippen molar-refractivity contribution in [2.75, 3.05) is 19.4 Å². The maximum Gasteiger partial charge on any atom is 0.161 e. The summed E-state index contributed by atoms with van der Waals surface area (Å²) >= 11 is 0. The van der Waals surface area contributed by atoms with Crippen LogP contribution in [0.25, 0.3) is 0 Å². The molecule has 5 nitrogen and oxygen atoms in total. The first-order valence-electron chi connectivity index (χ1n) is 7.89. The van der Waals surface area contributed by atoms with E-state index >= 15 is 0 Å². The molecule has 0 fully saturated rings. The van der Waals surface area contributed by atoms with Gasteiger partial charge in [0.2, 0.25) is 0 Å². The van der Waals surface area contributed by atoms with Gasteiger partial charge in [0.05, 0.1) is 11.9 Å². The van der Waals surface area contributed by atoms with Gasteiger partial charge < -0.3 is 10.2 Å². The van der Waals surface area contributed by atoms with Gasteiger partial charge in [-0.3, -0.25) is 4.79 Å². The monoisotopic (exact) mass is 334 g/mol. The van der Waals surface area contributed by atoms with Crippen molar-refractivity contribution in [2.24, 2.45) is 4.99 Å². The molecule has 1 aromatic carbocycles. The highest BCUT2D eigenvalue weighted by atomic mass is 16.1. The van der Waals surface area contributed by atoms with Crippen molar-refractivity contribution in [1.29, 1.82) is 0 Å². The van der Waals surface area contributed by atoms with Crippen LogP contribution in [0, 0.1) is 0 Å². The lowest BCUT2D eigenvalue weighted by molar-refractivity contribution is -0.102. The zero-order chi connectivity index (χ0) is 18.1. The fraction of sp³-hybridized carbons (Fsp3) is 0.150. The summed E-state index contributed by atoms with van der Waals surface area (Å²) < 4.78 is 0. The molecule has 0 saturated heterocycles. The van der Waals surface area contributed by atoms with E-state index in [1.54, 1.807) is 6.20 Å². The summed E-state index contributed by atoms with van der Waals surface area (Å²) in [6.45, 7) is 3.97. The number of carbonyl (C=O) groups is 1. The first-order valence-corrected chi connectivity index (χ1v) is 7.89. The number of benzene rings is 1. The van der Waals surface area contributed by atoms with Gasteiger partial charge >= 0.3 is 0 Å². The fourth-order valence-corrected chi connectivity index (χ4v) is 2.20. The van der Waals surface area contributed by atoms with Gasteiger partial charge in [-0.15, -0.1) is 0 Å². The average molecular weight is 334 g/mol. The molecule has 0 bridgehead atoms. The van der Waals surface area contributed by atoms with Crippen LogP contribution in [-0.4, -0.2) is 36.5 Å². The van der Waals surface area contributed by atoms with Crippen molar-refractivity contribution in [3.63, 3.8) is 0 Å². The third-order valence-electron chi connectivity index (χ3n) is 3.32. The van der Waals surface area contributed by atoms with E-state index in [-0.39, 0.29) is 0 Å².